The highest BCUT2D eigenvalue weighted by molar-refractivity contribution is 8.00. The molecule has 0 unspecified atom stereocenters. The summed E-state index contributed by atoms with van der Waals surface area (Å²) in [5.41, 5.74) is 2.67. The first kappa shape index (κ1) is 14.3. The number of hydrogen-bond acceptors (Lipinski definition) is 4. The maximum atomic E-state index is 6.39. The predicted octanol–water partition coefficient (Wildman–Crippen LogP) is 5.54. The summed E-state index contributed by atoms with van der Waals surface area (Å²) < 4.78 is 4.02. The minimum Gasteiger partial charge on any atom is -0.289 e. The number of thiazole rings is 1. The van der Waals surface area contributed by atoms with E-state index in [0.29, 0.717) is 15.9 Å². The molecule has 0 saturated heterocycles. The van der Waals surface area contributed by atoms with Crippen LogP contribution in [0.5, 0.6) is 0 Å². The van der Waals surface area contributed by atoms with E-state index in [2.05, 4.69) is 16.0 Å². The summed E-state index contributed by atoms with van der Waals surface area (Å²) in [5, 5.41) is 1.24. The van der Waals surface area contributed by atoms with Crippen LogP contribution in [0.25, 0.3) is 15.9 Å². The maximum Gasteiger partial charge on any atom is 0.151 e. The van der Waals surface area contributed by atoms with Gasteiger partial charge >= 0.3 is 0 Å². The third-order valence-corrected chi connectivity index (χ3v) is 6.01. The first-order valence-corrected chi connectivity index (χ1v) is 9.07. The largest absolute Gasteiger partial charge is 0.289 e. The second kappa shape index (κ2) is 5.74. The SMILES string of the molecule is Clc1ccc2nc(CSc3nc4ccccc4s3)c(Cl)n2c1. The van der Waals surface area contributed by atoms with Gasteiger partial charge in [0.1, 0.15) is 10.8 Å². The molecule has 0 atom stereocenters. The van der Waals surface area contributed by atoms with Crippen molar-refractivity contribution < 1.29 is 0 Å². The van der Waals surface area contributed by atoms with Crippen molar-refractivity contribution >= 4 is 62.2 Å². The lowest BCUT2D eigenvalue weighted by Gasteiger charge is -1.96. The number of hydrogen-bond donors (Lipinski definition) is 0. The first-order chi connectivity index (χ1) is 10.7. The zero-order valence-electron chi connectivity index (χ0n) is 11.2. The van der Waals surface area contributed by atoms with E-state index in [0.717, 1.165) is 21.2 Å². The van der Waals surface area contributed by atoms with Gasteiger partial charge in [-0.25, -0.2) is 9.97 Å². The molecule has 3 nitrogen and oxygen atoms in total. The molecule has 0 N–H and O–H groups in total. The predicted molar refractivity (Wildman–Crippen MR) is 94.4 cm³/mol. The monoisotopic (exact) mass is 365 g/mol. The summed E-state index contributed by atoms with van der Waals surface area (Å²) in [5.74, 6) is 0.679. The Morgan fingerprint density at radius 1 is 1.09 bits per heavy atom. The highest BCUT2D eigenvalue weighted by Gasteiger charge is 2.12. The first-order valence-electron chi connectivity index (χ1n) is 6.51. The number of pyridine rings is 1. The van der Waals surface area contributed by atoms with Crippen molar-refractivity contribution in [2.24, 2.45) is 0 Å². The average Bonchev–Trinajstić information content (AvgIpc) is 3.07. The number of benzene rings is 1. The van der Waals surface area contributed by atoms with Crippen LogP contribution in [0.1, 0.15) is 5.69 Å². The van der Waals surface area contributed by atoms with E-state index in [4.69, 9.17) is 23.2 Å². The quantitative estimate of drug-likeness (QED) is 0.446. The fourth-order valence-corrected chi connectivity index (χ4v) is 4.66. The van der Waals surface area contributed by atoms with Gasteiger partial charge in [-0.3, -0.25) is 4.40 Å². The van der Waals surface area contributed by atoms with Gasteiger partial charge in [0.2, 0.25) is 0 Å². The Bertz CT molecular complexity index is 944. The Labute approximate surface area is 144 Å². The van der Waals surface area contributed by atoms with Gasteiger partial charge in [0, 0.05) is 11.9 Å². The van der Waals surface area contributed by atoms with E-state index in [1.165, 1.54) is 4.70 Å². The lowest BCUT2D eigenvalue weighted by atomic mass is 10.3. The van der Waals surface area contributed by atoms with Gasteiger partial charge in [0.25, 0.3) is 0 Å². The van der Waals surface area contributed by atoms with Crippen molar-refractivity contribution in [3.63, 3.8) is 0 Å². The van der Waals surface area contributed by atoms with Gasteiger partial charge in [0.05, 0.1) is 20.9 Å². The van der Waals surface area contributed by atoms with Crippen LogP contribution in [-0.2, 0) is 5.75 Å². The summed E-state index contributed by atoms with van der Waals surface area (Å²) in [6, 6.07) is 11.8. The molecule has 0 aliphatic rings. The minimum absolute atomic E-state index is 0.603. The van der Waals surface area contributed by atoms with Gasteiger partial charge < -0.3 is 0 Å². The van der Waals surface area contributed by atoms with E-state index < -0.39 is 0 Å². The van der Waals surface area contributed by atoms with Crippen LogP contribution in [0.3, 0.4) is 0 Å². The molecule has 0 aliphatic carbocycles. The van der Waals surface area contributed by atoms with E-state index >= 15 is 0 Å². The molecular weight excluding hydrogens is 357 g/mol. The molecule has 7 heteroatoms. The number of fused-ring (bicyclic) bond motifs is 2. The molecule has 0 amide bonds. The molecule has 4 rings (SSSR count). The summed E-state index contributed by atoms with van der Waals surface area (Å²) in [4.78, 5) is 9.16. The van der Waals surface area contributed by atoms with Crippen LogP contribution < -0.4 is 0 Å². The molecule has 0 bridgehead atoms. The zero-order valence-corrected chi connectivity index (χ0v) is 14.3. The zero-order chi connectivity index (χ0) is 15.1. The van der Waals surface area contributed by atoms with Crippen LogP contribution in [0.15, 0.2) is 46.9 Å². The molecule has 0 spiro atoms. The van der Waals surface area contributed by atoms with Gasteiger partial charge in [-0.2, -0.15) is 0 Å². The van der Waals surface area contributed by atoms with Crippen molar-refractivity contribution in [2.75, 3.05) is 0 Å². The van der Waals surface area contributed by atoms with Crippen molar-refractivity contribution in [2.45, 2.75) is 10.1 Å². The van der Waals surface area contributed by atoms with Gasteiger partial charge in [-0.05, 0) is 24.3 Å². The minimum atomic E-state index is 0.603. The Kier molecular flexibility index (Phi) is 3.74. The number of aromatic nitrogens is 3. The molecule has 0 fully saturated rings. The van der Waals surface area contributed by atoms with E-state index in [1.54, 1.807) is 33.7 Å². The summed E-state index contributed by atoms with van der Waals surface area (Å²) in [6.07, 6.45) is 1.78. The average molecular weight is 366 g/mol. The van der Waals surface area contributed by atoms with Crippen molar-refractivity contribution in [1.29, 1.82) is 0 Å². The Balaban J connectivity index is 1.62. The number of halogens is 2. The van der Waals surface area contributed by atoms with Crippen molar-refractivity contribution in [3.05, 3.63) is 58.5 Å². The van der Waals surface area contributed by atoms with Gasteiger partial charge in [0.15, 0.2) is 4.34 Å². The molecule has 0 aliphatic heterocycles. The molecular formula is C15H9Cl2N3S2. The van der Waals surface area contributed by atoms with Crippen LogP contribution >= 0.6 is 46.3 Å². The molecule has 3 heterocycles. The van der Waals surface area contributed by atoms with Crippen LogP contribution in [0.4, 0.5) is 0 Å². The van der Waals surface area contributed by atoms with Gasteiger partial charge in [-0.1, -0.05) is 47.1 Å². The van der Waals surface area contributed by atoms with E-state index in [9.17, 15) is 0 Å². The highest BCUT2D eigenvalue weighted by Crippen LogP contribution is 2.33. The number of thioether (sulfide) groups is 1. The molecule has 4 aromatic rings. The molecule has 0 saturated carbocycles. The summed E-state index contributed by atoms with van der Waals surface area (Å²) in [7, 11) is 0. The fourth-order valence-electron chi connectivity index (χ4n) is 2.17. The molecule has 22 heavy (non-hydrogen) atoms. The number of para-hydroxylation sites is 1. The molecule has 3 aromatic heterocycles. The number of imidazole rings is 1. The second-order valence-electron chi connectivity index (χ2n) is 4.66. The second-order valence-corrected chi connectivity index (χ2v) is 7.71. The van der Waals surface area contributed by atoms with E-state index in [-0.39, 0.29) is 0 Å². The van der Waals surface area contributed by atoms with Gasteiger partial charge in [-0.15, -0.1) is 11.3 Å². The molecule has 0 radical (unpaired) electrons. The normalized spacial score (nSPS) is 11.5. The van der Waals surface area contributed by atoms with Crippen LogP contribution in [0.2, 0.25) is 10.2 Å². The lowest BCUT2D eigenvalue weighted by molar-refractivity contribution is 1.18. The maximum absolute atomic E-state index is 6.39. The lowest BCUT2D eigenvalue weighted by Crippen LogP contribution is -1.84. The van der Waals surface area contributed by atoms with Crippen LogP contribution in [0, 0.1) is 0 Å². The summed E-state index contributed by atoms with van der Waals surface area (Å²) in [6.45, 7) is 0. The smallest absolute Gasteiger partial charge is 0.151 e. The summed E-state index contributed by atoms with van der Waals surface area (Å²) >= 11 is 15.7. The van der Waals surface area contributed by atoms with E-state index in [1.807, 2.05) is 30.3 Å². The third kappa shape index (κ3) is 2.58. The number of nitrogens with zero attached hydrogens (tertiary/aromatic N) is 3. The van der Waals surface area contributed by atoms with Crippen molar-refractivity contribution in [1.82, 2.24) is 14.4 Å². The highest BCUT2D eigenvalue weighted by atomic mass is 35.5. The Morgan fingerprint density at radius 2 is 1.95 bits per heavy atom. The Hall–Kier alpha value is -1.27. The van der Waals surface area contributed by atoms with Crippen LogP contribution in [-0.4, -0.2) is 14.4 Å². The third-order valence-electron chi connectivity index (χ3n) is 3.20. The number of rotatable bonds is 3. The van der Waals surface area contributed by atoms with Crippen molar-refractivity contribution in [3.8, 4) is 0 Å². The molecule has 110 valence electrons. The standard InChI is InChI=1S/C15H9Cl2N3S2/c16-9-5-6-13-18-11(14(17)20(13)7-9)8-21-15-19-10-3-1-2-4-12(10)22-15/h1-7H,8H2. The Morgan fingerprint density at radius 3 is 2.82 bits per heavy atom. The topological polar surface area (TPSA) is 30.2 Å². The fraction of sp³-hybridized carbons (Fsp3) is 0.0667. The molecule has 1 aromatic carbocycles.